The van der Waals surface area contributed by atoms with E-state index < -0.39 is 52.5 Å². The van der Waals surface area contributed by atoms with E-state index in [1.165, 1.54) is 13.0 Å². The molecule has 0 saturated carbocycles. The van der Waals surface area contributed by atoms with Gasteiger partial charge in [-0.1, -0.05) is 0 Å². The van der Waals surface area contributed by atoms with Gasteiger partial charge in [-0.3, -0.25) is 4.79 Å². The molecule has 0 atom stereocenters. The minimum Gasteiger partial charge on any atom is -0.466 e. The van der Waals surface area contributed by atoms with Crippen LogP contribution in [0.1, 0.15) is 18.1 Å². The van der Waals surface area contributed by atoms with E-state index in [2.05, 4.69) is 9.47 Å². The van der Waals surface area contributed by atoms with E-state index in [1.54, 1.807) is 0 Å². The minimum absolute atomic E-state index is 0.0112. The van der Waals surface area contributed by atoms with E-state index in [9.17, 15) is 26.7 Å². The number of thioether (sulfide) groups is 1. The van der Waals surface area contributed by atoms with Crippen LogP contribution in [0.3, 0.4) is 0 Å². The number of carbonyl (C=O) groups excluding carboxylic acids is 1. The number of halogens is 5. The first kappa shape index (κ1) is 19.0. The zero-order chi connectivity index (χ0) is 17.6. The molecule has 0 aromatic heterocycles. The maximum atomic E-state index is 12.6. The highest BCUT2D eigenvalue weighted by atomic mass is 32.2. The van der Waals surface area contributed by atoms with E-state index in [4.69, 9.17) is 5.26 Å². The van der Waals surface area contributed by atoms with Crippen LogP contribution in [0.15, 0.2) is 17.0 Å². The van der Waals surface area contributed by atoms with Crippen LogP contribution in [0.5, 0.6) is 5.75 Å². The smallest absolute Gasteiger partial charge is 0.446 e. The van der Waals surface area contributed by atoms with Gasteiger partial charge < -0.3 is 9.47 Å². The fourth-order valence-electron chi connectivity index (χ4n) is 1.61. The van der Waals surface area contributed by atoms with E-state index in [0.29, 0.717) is 0 Å². The van der Waals surface area contributed by atoms with Gasteiger partial charge in [-0.15, -0.1) is 0 Å². The Bertz CT molecular complexity index is 613. The summed E-state index contributed by atoms with van der Waals surface area (Å²) in [5, 5.41) is 8.85. The molecular formula is C13H10F5NO3S. The van der Waals surface area contributed by atoms with Crippen LogP contribution < -0.4 is 4.74 Å². The highest BCUT2D eigenvalue weighted by Crippen LogP contribution is 2.41. The quantitative estimate of drug-likeness (QED) is 0.440. The van der Waals surface area contributed by atoms with Gasteiger partial charge in [-0.05, 0) is 36.4 Å². The molecule has 0 aliphatic carbocycles. The maximum Gasteiger partial charge on any atom is 0.446 e. The molecule has 0 fully saturated rings. The van der Waals surface area contributed by atoms with E-state index in [0.717, 1.165) is 12.1 Å². The number of nitriles is 1. The average Bonchev–Trinajstić information content (AvgIpc) is 2.39. The summed E-state index contributed by atoms with van der Waals surface area (Å²) in [6, 6.07) is 3.05. The van der Waals surface area contributed by atoms with Crippen molar-refractivity contribution in [2.24, 2.45) is 0 Å². The summed E-state index contributed by atoms with van der Waals surface area (Å²) in [5.41, 5.74) is -5.40. The molecule has 0 unspecified atom stereocenters. The second kappa shape index (κ2) is 8.01. The first-order chi connectivity index (χ1) is 10.7. The molecule has 1 aromatic rings. The Morgan fingerprint density at radius 3 is 2.52 bits per heavy atom. The van der Waals surface area contributed by atoms with Crippen LogP contribution in [0.4, 0.5) is 22.0 Å². The van der Waals surface area contributed by atoms with Gasteiger partial charge in [0.15, 0.2) is 0 Å². The number of alkyl halides is 5. The van der Waals surface area contributed by atoms with Gasteiger partial charge >= 0.3 is 18.1 Å². The third kappa shape index (κ3) is 6.32. The van der Waals surface area contributed by atoms with Crippen molar-refractivity contribution < 1.29 is 36.2 Å². The maximum absolute atomic E-state index is 12.6. The van der Waals surface area contributed by atoms with Crippen molar-refractivity contribution in [3.05, 3.63) is 23.3 Å². The third-order valence-corrected chi connectivity index (χ3v) is 3.20. The lowest BCUT2D eigenvalue weighted by Crippen LogP contribution is -2.11. The standard InChI is InChI=1S/C13H10F5NO3S/c1-2-21-11(20)5-7-3-9(22-12(14)15)8(6-19)4-10(7)23-13(16,17)18/h3-4,12H,2,5H2,1H3. The summed E-state index contributed by atoms with van der Waals surface area (Å²) in [6.45, 7) is -1.75. The molecule has 1 aromatic carbocycles. The summed E-state index contributed by atoms with van der Waals surface area (Å²) in [4.78, 5) is 11.0. The van der Waals surface area contributed by atoms with Crippen LogP contribution in [-0.2, 0) is 16.0 Å². The Morgan fingerprint density at radius 1 is 1.39 bits per heavy atom. The summed E-state index contributed by atoms with van der Waals surface area (Å²) in [6.07, 6.45) is -0.572. The Hall–Kier alpha value is -2.02. The molecule has 4 nitrogen and oxygen atoms in total. The fourth-order valence-corrected chi connectivity index (χ4v) is 2.30. The predicted octanol–water partition coefficient (Wildman–Crippen LogP) is 3.88. The van der Waals surface area contributed by atoms with Crippen molar-refractivity contribution in [2.45, 2.75) is 30.4 Å². The number of carbonyl (C=O) groups is 1. The first-order valence-corrected chi connectivity index (χ1v) is 6.91. The zero-order valence-corrected chi connectivity index (χ0v) is 12.4. The van der Waals surface area contributed by atoms with Crippen LogP contribution >= 0.6 is 11.8 Å². The topological polar surface area (TPSA) is 59.3 Å². The van der Waals surface area contributed by atoms with E-state index in [1.807, 2.05) is 0 Å². The second-order valence-electron chi connectivity index (χ2n) is 3.98. The summed E-state index contributed by atoms with van der Waals surface area (Å²) in [7, 11) is 0. The Morgan fingerprint density at radius 2 is 2.04 bits per heavy atom. The molecule has 0 heterocycles. The molecule has 1 rings (SSSR count). The third-order valence-electron chi connectivity index (χ3n) is 2.37. The largest absolute Gasteiger partial charge is 0.466 e. The summed E-state index contributed by atoms with van der Waals surface area (Å²) in [5.74, 6) is -1.43. The normalized spacial score (nSPS) is 11.2. The van der Waals surface area contributed by atoms with E-state index >= 15 is 0 Å². The van der Waals surface area contributed by atoms with Gasteiger partial charge in [0.1, 0.15) is 11.8 Å². The van der Waals surface area contributed by atoms with Crippen LogP contribution in [0, 0.1) is 11.3 Å². The molecule has 0 radical (unpaired) electrons. The van der Waals surface area contributed by atoms with Crippen molar-refractivity contribution in [3.63, 3.8) is 0 Å². The highest BCUT2D eigenvalue weighted by molar-refractivity contribution is 8.00. The summed E-state index contributed by atoms with van der Waals surface area (Å²) >= 11 is -0.557. The van der Waals surface area contributed by atoms with E-state index in [-0.39, 0.29) is 12.2 Å². The molecule has 0 saturated heterocycles. The molecular weight excluding hydrogens is 345 g/mol. The van der Waals surface area contributed by atoms with Crippen molar-refractivity contribution >= 4 is 17.7 Å². The molecule has 0 aliphatic heterocycles. The number of ether oxygens (including phenoxy) is 2. The second-order valence-corrected chi connectivity index (χ2v) is 5.08. The van der Waals surface area contributed by atoms with Crippen molar-refractivity contribution in [3.8, 4) is 11.8 Å². The minimum atomic E-state index is -4.68. The molecule has 0 bridgehead atoms. The molecule has 0 amide bonds. The van der Waals surface area contributed by atoms with Crippen molar-refractivity contribution in [1.82, 2.24) is 0 Å². The van der Waals surface area contributed by atoms with Gasteiger partial charge in [0, 0.05) is 4.90 Å². The number of nitrogens with zero attached hydrogens (tertiary/aromatic N) is 1. The van der Waals surface area contributed by atoms with Crippen molar-refractivity contribution in [1.29, 1.82) is 5.26 Å². The number of esters is 1. The zero-order valence-electron chi connectivity index (χ0n) is 11.6. The number of benzene rings is 1. The monoisotopic (exact) mass is 355 g/mol. The lowest BCUT2D eigenvalue weighted by molar-refractivity contribution is -0.142. The number of hydrogen-bond acceptors (Lipinski definition) is 5. The Kier molecular flexibility index (Phi) is 6.62. The van der Waals surface area contributed by atoms with Gasteiger partial charge in [0.2, 0.25) is 0 Å². The lowest BCUT2D eigenvalue weighted by Gasteiger charge is -2.14. The number of hydrogen-bond donors (Lipinski definition) is 0. The van der Waals surface area contributed by atoms with Crippen LogP contribution in [0.25, 0.3) is 0 Å². The van der Waals surface area contributed by atoms with Gasteiger partial charge in [-0.2, -0.15) is 27.2 Å². The molecule has 0 aliphatic rings. The lowest BCUT2D eigenvalue weighted by atomic mass is 10.1. The average molecular weight is 355 g/mol. The van der Waals surface area contributed by atoms with Crippen LogP contribution in [-0.4, -0.2) is 24.7 Å². The predicted molar refractivity (Wildman–Crippen MR) is 70.0 cm³/mol. The highest BCUT2D eigenvalue weighted by Gasteiger charge is 2.31. The van der Waals surface area contributed by atoms with Gasteiger partial charge in [-0.25, -0.2) is 0 Å². The fraction of sp³-hybridized carbons (Fsp3) is 0.385. The molecule has 10 heteroatoms. The van der Waals surface area contributed by atoms with Gasteiger partial charge in [0.05, 0.1) is 18.6 Å². The SMILES string of the molecule is CCOC(=O)Cc1cc(OC(F)F)c(C#N)cc1SC(F)(F)F. The Balaban J connectivity index is 3.29. The molecule has 126 valence electrons. The van der Waals surface area contributed by atoms with Gasteiger partial charge in [0.25, 0.3) is 0 Å². The Labute approximate surface area is 132 Å². The molecule has 23 heavy (non-hydrogen) atoms. The molecule has 0 spiro atoms. The van der Waals surface area contributed by atoms with Crippen LogP contribution in [0.2, 0.25) is 0 Å². The first-order valence-electron chi connectivity index (χ1n) is 6.09. The summed E-state index contributed by atoms with van der Waals surface area (Å²) < 4.78 is 71.1. The number of rotatable bonds is 6. The molecule has 0 N–H and O–H groups in total. The van der Waals surface area contributed by atoms with Crippen molar-refractivity contribution in [2.75, 3.05) is 6.61 Å².